The second-order valence-electron chi connectivity index (χ2n) is 17.8. The SMILES string of the molecule is NCCCCC(=O)N[C@@H](CCCN=C(N)N)C(=O)N1CCC[C@H]1C(=O)N[C@@H](Cc1ccccc1)C(=O)N[C@@H](CO)C(=O)N1CCC[C@H]1C(=O)N[C@@H](Cc1ccccc1)C(=O)N[C@@H](CCCN=C(N)N)C(=O)O. The monoisotopic (exact) mass is 1000 g/mol. The molecule has 24 heteroatoms. The Morgan fingerprint density at radius 2 is 1.03 bits per heavy atom. The van der Waals surface area contributed by atoms with Crippen molar-refractivity contribution in [1.29, 1.82) is 0 Å². The molecule has 0 aliphatic carbocycles. The van der Waals surface area contributed by atoms with E-state index >= 15 is 0 Å². The molecule has 0 unspecified atom stereocenters. The van der Waals surface area contributed by atoms with Crippen molar-refractivity contribution < 1.29 is 48.6 Å². The largest absolute Gasteiger partial charge is 0.480 e. The lowest BCUT2D eigenvalue weighted by Crippen LogP contribution is -2.60. The van der Waals surface area contributed by atoms with E-state index in [9.17, 15) is 48.6 Å². The highest BCUT2D eigenvalue weighted by Crippen LogP contribution is 2.22. The van der Waals surface area contributed by atoms with Crippen LogP contribution in [-0.2, 0) is 51.2 Å². The summed E-state index contributed by atoms with van der Waals surface area (Å²) in [5.41, 5.74) is 28.6. The van der Waals surface area contributed by atoms with Crippen molar-refractivity contribution in [3.8, 4) is 0 Å². The number of hydrogen-bond donors (Lipinski definition) is 12. The number of hydrogen-bond acceptors (Lipinski definition) is 12. The summed E-state index contributed by atoms with van der Waals surface area (Å²) in [6, 6.07) is 8.82. The van der Waals surface area contributed by atoms with Gasteiger partial charge in [0.05, 0.1) is 6.61 Å². The normalized spacial score (nSPS) is 17.2. The number of nitrogens with two attached hydrogens (primary N) is 5. The van der Waals surface area contributed by atoms with Gasteiger partial charge in [0.15, 0.2) is 11.9 Å². The standard InChI is InChI=1S/C48H72N14O10/c49-22-8-7-21-39(64)56-32(17-9-23-54-47(50)51)44(69)61-25-11-19-37(61)42(67)59-35(28-31-15-5-2-6-16-31)41(66)60-36(29-63)45(70)62-26-12-20-38(62)43(68)58-34(27-30-13-3-1-4-14-30)40(65)57-33(46(71)72)18-10-24-55-48(52)53/h1-6,13-16,32-38,63H,7-12,17-29,49H2,(H,56,64)(H,57,65)(H,58,68)(H,59,67)(H,60,66)(H,71,72)(H4,50,51,54)(H4,52,53,55)/t32-,33-,34-,35-,36-,37-,38-/m0/s1. The Morgan fingerprint density at radius 1 is 0.583 bits per heavy atom. The van der Waals surface area contributed by atoms with E-state index in [2.05, 4.69) is 36.6 Å². The Kier molecular flexibility index (Phi) is 23.7. The highest BCUT2D eigenvalue weighted by molar-refractivity contribution is 5.98. The van der Waals surface area contributed by atoms with Gasteiger partial charge in [0.2, 0.25) is 41.4 Å². The number of unbranched alkanes of at least 4 members (excludes halogenated alkanes) is 1. The minimum atomic E-state index is -1.57. The molecular formula is C48H72N14O10. The molecule has 2 aliphatic rings. The topological polar surface area (TPSA) is 398 Å². The third-order valence-corrected chi connectivity index (χ3v) is 12.3. The number of amides is 7. The average molecular weight is 1010 g/mol. The fourth-order valence-corrected chi connectivity index (χ4v) is 8.61. The number of carboxylic acid groups (broad SMARTS) is 1. The summed E-state index contributed by atoms with van der Waals surface area (Å²) < 4.78 is 0. The van der Waals surface area contributed by atoms with Crippen LogP contribution in [0.5, 0.6) is 0 Å². The molecule has 7 atom stereocenters. The second-order valence-corrected chi connectivity index (χ2v) is 17.8. The number of nitrogens with zero attached hydrogens (tertiary/aromatic N) is 4. The summed E-state index contributed by atoms with van der Waals surface area (Å²) in [7, 11) is 0. The van der Waals surface area contributed by atoms with Gasteiger partial charge in [-0.3, -0.25) is 43.5 Å². The van der Waals surface area contributed by atoms with Gasteiger partial charge in [-0.25, -0.2) is 4.79 Å². The summed E-state index contributed by atoms with van der Waals surface area (Å²) in [4.78, 5) is 120. The van der Waals surface area contributed by atoms with E-state index in [1.807, 2.05) is 0 Å². The Morgan fingerprint density at radius 3 is 1.46 bits per heavy atom. The first kappa shape index (κ1) is 57.2. The van der Waals surface area contributed by atoms with Crippen LogP contribution in [0, 0.1) is 0 Å². The average Bonchev–Trinajstić information content (AvgIpc) is 4.06. The number of nitrogens with one attached hydrogen (secondary N) is 5. The van der Waals surface area contributed by atoms with Crippen LogP contribution < -0.4 is 55.3 Å². The molecule has 7 amide bonds. The smallest absolute Gasteiger partial charge is 0.326 e. The van der Waals surface area contributed by atoms with Gasteiger partial charge in [-0.2, -0.15) is 0 Å². The molecule has 4 rings (SSSR count). The predicted molar refractivity (Wildman–Crippen MR) is 267 cm³/mol. The predicted octanol–water partition coefficient (Wildman–Crippen LogP) is -2.81. The van der Waals surface area contributed by atoms with Crippen molar-refractivity contribution in [2.45, 2.75) is 126 Å². The molecule has 2 aliphatic heterocycles. The maximum Gasteiger partial charge on any atom is 0.326 e. The van der Waals surface area contributed by atoms with Crippen molar-refractivity contribution in [2.24, 2.45) is 38.7 Å². The van der Waals surface area contributed by atoms with Crippen molar-refractivity contribution in [3.05, 3.63) is 71.8 Å². The molecule has 17 N–H and O–H groups in total. The van der Waals surface area contributed by atoms with Gasteiger partial charge in [0.1, 0.15) is 42.3 Å². The highest BCUT2D eigenvalue weighted by atomic mass is 16.4. The summed E-state index contributed by atoms with van der Waals surface area (Å²) in [5.74, 6) is -6.22. The maximum absolute atomic E-state index is 14.2. The molecule has 24 nitrogen and oxygen atoms in total. The first-order valence-corrected chi connectivity index (χ1v) is 24.4. The number of aliphatic hydroxyl groups excluding tert-OH is 1. The Bertz CT molecular complexity index is 2190. The van der Waals surface area contributed by atoms with Crippen molar-refractivity contribution >= 4 is 59.2 Å². The minimum Gasteiger partial charge on any atom is -0.480 e. The Hall–Kier alpha value is -7.34. The van der Waals surface area contributed by atoms with E-state index in [0.717, 1.165) is 0 Å². The van der Waals surface area contributed by atoms with E-state index < -0.39 is 90.3 Å². The quantitative estimate of drug-likeness (QED) is 0.0222. The zero-order valence-corrected chi connectivity index (χ0v) is 40.6. The first-order chi connectivity index (χ1) is 34.5. The maximum atomic E-state index is 14.2. The second kappa shape index (κ2) is 29.8. The van der Waals surface area contributed by atoms with Gasteiger partial charge in [-0.15, -0.1) is 0 Å². The van der Waals surface area contributed by atoms with Crippen LogP contribution >= 0.6 is 0 Å². The van der Waals surface area contributed by atoms with Crippen LogP contribution in [0.2, 0.25) is 0 Å². The number of likely N-dealkylation sites (tertiary alicyclic amines) is 2. The van der Waals surface area contributed by atoms with Gasteiger partial charge in [0, 0.05) is 45.4 Å². The van der Waals surface area contributed by atoms with E-state index in [4.69, 9.17) is 28.7 Å². The fraction of sp³-hybridized carbons (Fsp3) is 0.542. The molecule has 2 fully saturated rings. The van der Waals surface area contributed by atoms with Crippen LogP contribution in [0.4, 0.5) is 0 Å². The molecule has 0 spiro atoms. The number of aliphatic hydroxyl groups is 1. The first-order valence-electron chi connectivity index (χ1n) is 24.4. The molecule has 394 valence electrons. The third-order valence-electron chi connectivity index (χ3n) is 12.3. The summed E-state index contributed by atoms with van der Waals surface area (Å²) >= 11 is 0. The highest BCUT2D eigenvalue weighted by Gasteiger charge is 2.42. The van der Waals surface area contributed by atoms with Gasteiger partial charge >= 0.3 is 5.97 Å². The number of guanidine groups is 2. The van der Waals surface area contributed by atoms with Crippen molar-refractivity contribution in [2.75, 3.05) is 39.3 Å². The van der Waals surface area contributed by atoms with Crippen LogP contribution in [0.3, 0.4) is 0 Å². The van der Waals surface area contributed by atoms with Gasteiger partial charge in [-0.05, 0) is 81.9 Å². The molecule has 2 aromatic rings. The Balaban J connectivity index is 1.50. The lowest BCUT2D eigenvalue weighted by molar-refractivity contribution is -0.144. The molecule has 0 radical (unpaired) electrons. The van der Waals surface area contributed by atoms with E-state index in [-0.39, 0.29) is 95.4 Å². The third kappa shape index (κ3) is 18.4. The zero-order chi connectivity index (χ0) is 52.6. The van der Waals surface area contributed by atoms with Crippen LogP contribution in [0.15, 0.2) is 70.6 Å². The molecule has 0 bridgehead atoms. The van der Waals surface area contributed by atoms with Gasteiger partial charge < -0.3 is 75.3 Å². The fourth-order valence-electron chi connectivity index (χ4n) is 8.61. The molecule has 0 aromatic heterocycles. The Labute approximate surface area is 418 Å². The molecule has 2 saturated heterocycles. The van der Waals surface area contributed by atoms with Crippen molar-refractivity contribution in [3.63, 3.8) is 0 Å². The summed E-state index contributed by atoms with van der Waals surface area (Å²) in [6.07, 6.45) is 3.21. The number of carbonyl (C=O) groups is 8. The number of carbonyl (C=O) groups excluding carboxylic acids is 7. The number of rotatable bonds is 29. The number of benzene rings is 2. The molecule has 2 heterocycles. The zero-order valence-electron chi connectivity index (χ0n) is 40.6. The lowest BCUT2D eigenvalue weighted by Gasteiger charge is -2.31. The minimum absolute atomic E-state index is 0.0148. The molecule has 0 saturated carbocycles. The van der Waals surface area contributed by atoms with Crippen LogP contribution in [0.1, 0.15) is 81.8 Å². The van der Waals surface area contributed by atoms with E-state index in [1.54, 1.807) is 60.7 Å². The molecule has 2 aromatic carbocycles. The van der Waals surface area contributed by atoms with Crippen molar-refractivity contribution in [1.82, 2.24) is 36.4 Å². The molecular weight excluding hydrogens is 933 g/mol. The number of aliphatic imine (C=N–C) groups is 2. The number of aliphatic carboxylic acids is 1. The van der Waals surface area contributed by atoms with E-state index in [0.29, 0.717) is 49.8 Å². The van der Waals surface area contributed by atoms with Gasteiger partial charge in [0.25, 0.3) is 0 Å². The van der Waals surface area contributed by atoms with E-state index in [1.165, 1.54) is 9.80 Å². The van der Waals surface area contributed by atoms with Gasteiger partial charge in [-0.1, -0.05) is 60.7 Å². The summed E-state index contributed by atoms with van der Waals surface area (Å²) in [6.45, 7) is 0.120. The van der Waals surface area contributed by atoms with Crippen LogP contribution in [-0.4, -0.2) is 161 Å². The summed E-state index contributed by atoms with van der Waals surface area (Å²) in [5, 5.41) is 33.8. The molecule has 72 heavy (non-hydrogen) atoms. The lowest BCUT2D eigenvalue weighted by atomic mass is 10.0. The van der Waals surface area contributed by atoms with Crippen LogP contribution in [0.25, 0.3) is 0 Å². The number of carboxylic acids is 1.